The summed E-state index contributed by atoms with van der Waals surface area (Å²) in [6, 6.07) is 13.9. The van der Waals surface area contributed by atoms with Crippen molar-refractivity contribution in [2.24, 2.45) is 0 Å². The van der Waals surface area contributed by atoms with Crippen LogP contribution in [0.2, 0.25) is 0 Å². The van der Waals surface area contributed by atoms with Crippen LogP contribution >= 0.6 is 11.9 Å². The minimum Gasteiger partial charge on any atom is -0.345 e. The average Bonchev–Trinajstić information content (AvgIpc) is 3.28. The fourth-order valence-corrected chi connectivity index (χ4v) is 4.43. The molecule has 0 amide bonds. The molecule has 3 heterocycles. The smallest absolute Gasteiger partial charge is 0.201 e. The quantitative estimate of drug-likeness (QED) is 0.155. The van der Waals surface area contributed by atoms with Gasteiger partial charge in [0, 0.05) is 46.2 Å². The summed E-state index contributed by atoms with van der Waals surface area (Å²) in [7, 11) is 0. The topological polar surface area (TPSA) is 70.7 Å². The third kappa shape index (κ3) is 4.01. The molecule has 0 unspecified atom stereocenters. The van der Waals surface area contributed by atoms with E-state index in [0.717, 1.165) is 40.3 Å². The Labute approximate surface area is 198 Å². The summed E-state index contributed by atoms with van der Waals surface area (Å²) < 4.78 is 32.6. The average molecular weight is 475 g/mol. The van der Waals surface area contributed by atoms with Crippen LogP contribution in [0.5, 0.6) is 0 Å². The molecule has 0 saturated heterocycles. The number of carbonyl (C=O) groups excluding carboxylic acids is 1. The van der Waals surface area contributed by atoms with Gasteiger partial charge in [0.05, 0.1) is 16.8 Å². The van der Waals surface area contributed by atoms with Crippen LogP contribution in [0.1, 0.15) is 29.3 Å². The van der Waals surface area contributed by atoms with E-state index in [0.29, 0.717) is 11.0 Å². The number of carbonyl (C=O) groups is 1. The Morgan fingerprint density at radius 1 is 1.09 bits per heavy atom. The number of nitrogens with zero attached hydrogens (tertiary/aromatic N) is 2. The van der Waals surface area contributed by atoms with Crippen molar-refractivity contribution in [2.75, 3.05) is 10.5 Å². The van der Waals surface area contributed by atoms with Crippen LogP contribution in [-0.4, -0.2) is 26.5 Å². The summed E-state index contributed by atoms with van der Waals surface area (Å²) in [5, 5.41) is 1.46. The Morgan fingerprint density at radius 3 is 2.82 bits per heavy atom. The molecule has 0 bridgehead atoms. The van der Waals surface area contributed by atoms with E-state index >= 15 is 4.39 Å². The minimum atomic E-state index is -0.908. The summed E-state index contributed by atoms with van der Waals surface area (Å²) in [6.45, 7) is 2.00. The van der Waals surface area contributed by atoms with Gasteiger partial charge in [-0.3, -0.25) is 9.78 Å². The van der Waals surface area contributed by atoms with Crippen molar-refractivity contribution in [3.05, 3.63) is 89.9 Å². The first-order chi connectivity index (χ1) is 16.6. The van der Waals surface area contributed by atoms with Crippen molar-refractivity contribution < 1.29 is 13.6 Å². The van der Waals surface area contributed by atoms with Crippen molar-refractivity contribution in [1.29, 1.82) is 0 Å². The fourth-order valence-electron chi connectivity index (χ4n) is 3.81. The van der Waals surface area contributed by atoms with Crippen molar-refractivity contribution in [3.8, 4) is 11.1 Å². The summed E-state index contributed by atoms with van der Waals surface area (Å²) in [6.07, 6.45) is 5.77. The van der Waals surface area contributed by atoms with E-state index < -0.39 is 23.0 Å². The fraction of sp³-hybridized carbons (Fsp3) is 0.115. The van der Waals surface area contributed by atoms with Gasteiger partial charge < -0.3 is 9.71 Å². The van der Waals surface area contributed by atoms with Crippen LogP contribution in [-0.2, 0) is 0 Å². The third-order valence-corrected chi connectivity index (χ3v) is 6.50. The maximum Gasteiger partial charge on any atom is 0.201 e. The first kappa shape index (κ1) is 22.0. The third-order valence-electron chi connectivity index (χ3n) is 5.52. The number of halogens is 2. The highest BCUT2D eigenvalue weighted by atomic mass is 32.2. The van der Waals surface area contributed by atoms with Gasteiger partial charge in [-0.2, -0.15) is 0 Å². The van der Waals surface area contributed by atoms with E-state index in [1.54, 1.807) is 18.5 Å². The predicted molar refractivity (Wildman–Crippen MR) is 133 cm³/mol. The van der Waals surface area contributed by atoms with Crippen molar-refractivity contribution in [1.82, 2.24) is 15.0 Å². The number of aromatic amines is 1. The summed E-state index contributed by atoms with van der Waals surface area (Å²) in [4.78, 5) is 25.0. The molecule has 170 valence electrons. The first-order valence-electron chi connectivity index (χ1n) is 10.8. The van der Waals surface area contributed by atoms with Gasteiger partial charge in [-0.15, -0.1) is 0 Å². The van der Waals surface area contributed by atoms with Gasteiger partial charge in [0.1, 0.15) is 11.5 Å². The second kappa shape index (κ2) is 9.23. The predicted octanol–water partition coefficient (Wildman–Crippen LogP) is 6.76. The molecule has 0 aliphatic rings. The zero-order valence-electron chi connectivity index (χ0n) is 18.2. The van der Waals surface area contributed by atoms with Gasteiger partial charge in [-0.25, -0.2) is 13.8 Å². The first-order valence-corrected chi connectivity index (χ1v) is 11.8. The second-order valence-corrected chi connectivity index (χ2v) is 8.70. The van der Waals surface area contributed by atoms with Crippen LogP contribution in [0.4, 0.5) is 14.5 Å². The van der Waals surface area contributed by atoms with E-state index in [2.05, 4.69) is 19.7 Å². The molecular weight excluding hydrogens is 454 g/mol. The number of hydrogen-bond donors (Lipinski definition) is 2. The van der Waals surface area contributed by atoms with Gasteiger partial charge in [0.15, 0.2) is 5.82 Å². The number of anilines is 1. The summed E-state index contributed by atoms with van der Waals surface area (Å²) in [5.74, 6) is -1.81. The van der Waals surface area contributed by atoms with Gasteiger partial charge in [0.2, 0.25) is 5.78 Å². The molecule has 0 aliphatic heterocycles. The minimum absolute atomic E-state index is 0.0756. The highest BCUT2D eigenvalue weighted by molar-refractivity contribution is 8.00. The lowest BCUT2D eigenvalue weighted by molar-refractivity contribution is 0.103. The lowest BCUT2D eigenvalue weighted by Gasteiger charge is -2.10. The molecule has 5 rings (SSSR count). The van der Waals surface area contributed by atoms with Crippen LogP contribution in [0, 0.1) is 11.6 Å². The molecule has 5 nitrogen and oxygen atoms in total. The molecular formula is C26H20F2N4OS. The van der Waals surface area contributed by atoms with Crippen LogP contribution in [0.3, 0.4) is 0 Å². The van der Waals surface area contributed by atoms with E-state index in [-0.39, 0.29) is 11.3 Å². The molecule has 3 aromatic heterocycles. The molecule has 34 heavy (non-hydrogen) atoms. The normalized spacial score (nSPS) is 11.3. The molecule has 5 aromatic rings. The highest BCUT2D eigenvalue weighted by Gasteiger charge is 2.24. The Bertz CT molecular complexity index is 1530. The molecule has 0 atom stereocenters. The number of fused-ring (bicyclic) bond motifs is 2. The van der Waals surface area contributed by atoms with E-state index in [1.165, 1.54) is 24.2 Å². The lowest BCUT2D eigenvalue weighted by atomic mass is 9.99. The Balaban J connectivity index is 1.55. The van der Waals surface area contributed by atoms with E-state index in [4.69, 9.17) is 0 Å². The molecule has 2 aromatic carbocycles. The number of pyridine rings is 2. The maximum absolute atomic E-state index is 15.1. The molecule has 8 heteroatoms. The van der Waals surface area contributed by atoms with E-state index in [9.17, 15) is 9.18 Å². The van der Waals surface area contributed by atoms with Gasteiger partial charge >= 0.3 is 0 Å². The van der Waals surface area contributed by atoms with Gasteiger partial charge in [0.25, 0.3) is 0 Å². The molecule has 0 spiro atoms. The number of rotatable bonds is 7. The largest absolute Gasteiger partial charge is 0.345 e. The number of nitrogens with one attached hydrogen (secondary N) is 2. The summed E-state index contributed by atoms with van der Waals surface area (Å²) >= 11 is 1.30. The van der Waals surface area contributed by atoms with Crippen LogP contribution in [0.25, 0.3) is 33.1 Å². The molecule has 2 N–H and O–H groups in total. The molecule has 0 saturated carbocycles. The Kier molecular flexibility index (Phi) is 5.98. The van der Waals surface area contributed by atoms with Crippen molar-refractivity contribution >= 4 is 45.4 Å². The zero-order valence-corrected chi connectivity index (χ0v) is 19.0. The SMILES string of the molecule is CCCSNc1ccc(F)c(C(=O)c2c[nH]c3ncc(-c4ccc5ncccc5c4)cc23)c1F. The van der Waals surface area contributed by atoms with Crippen molar-refractivity contribution in [3.63, 3.8) is 0 Å². The maximum atomic E-state index is 15.1. The van der Waals surface area contributed by atoms with Crippen molar-refractivity contribution in [2.45, 2.75) is 13.3 Å². The zero-order chi connectivity index (χ0) is 23.7. The van der Waals surface area contributed by atoms with Gasteiger partial charge in [-0.05, 0) is 48.4 Å². The van der Waals surface area contributed by atoms with Gasteiger partial charge in [-0.1, -0.05) is 31.0 Å². The Hall–Kier alpha value is -3.78. The van der Waals surface area contributed by atoms with Crippen LogP contribution < -0.4 is 4.72 Å². The number of benzene rings is 2. The summed E-state index contributed by atoms with van der Waals surface area (Å²) in [5.41, 5.74) is 2.64. The number of hydrogen-bond acceptors (Lipinski definition) is 5. The molecule has 0 fully saturated rings. The Morgan fingerprint density at radius 2 is 1.97 bits per heavy atom. The lowest BCUT2D eigenvalue weighted by Crippen LogP contribution is -2.09. The van der Waals surface area contributed by atoms with Crippen LogP contribution in [0.15, 0.2) is 67.1 Å². The van der Waals surface area contributed by atoms with E-state index in [1.807, 2.05) is 37.3 Å². The second-order valence-electron chi connectivity index (χ2n) is 7.80. The number of ketones is 1. The standard InChI is InChI=1S/C26H20F2N4OS/c1-2-10-34-32-22-8-6-20(27)23(24(22)28)25(33)19-14-31-26-18(19)12-17(13-30-26)15-5-7-21-16(11-15)4-3-9-29-21/h3-9,11-14,32H,2,10H2,1H3,(H,30,31). The number of aromatic nitrogens is 3. The molecule has 0 radical (unpaired) electrons. The molecule has 0 aliphatic carbocycles. The monoisotopic (exact) mass is 474 g/mol. The highest BCUT2D eigenvalue weighted by Crippen LogP contribution is 2.30. The number of H-pyrrole nitrogens is 1.